The first-order chi connectivity index (χ1) is 9.81. The second-order valence-corrected chi connectivity index (χ2v) is 6.29. The maximum absolute atomic E-state index is 3.54. The maximum atomic E-state index is 3.54. The molecular formula is C16H21N3S. The van der Waals surface area contributed by atoms with Gasteiger partial charge < -0.3 is 4.90 Å². The first-order valence-corrected chi connectivity index (χ1v) is 7.99. The lowest BCUT2D eigenvalue weighted by Gasteiger charge is -2.32. The van der Waals surface area contributed by atoms with Crippen LogP contribution in [-0.4, -0.2) is 43.1 Å². The van der Waals surface area contributed by atoms with E-state index in [4.69, 9.17) is 0 Å². The van der Waals surface area contributed by atoms with Crippen molar-refractivity contribution in [1.29, 1.82) is 0 Å². The average molecular weight is 287 g/mol. The molecule has 1 aromatic heterocycles. The number of thiophene rings is 1. The zero-order chi connectivity index (χ0) is 13.8. The Morgan fingerprint density at radius 2 is 1.80 bits per heavy atom. The molecule has 1 aliphatic rings. The van der Waals surface area contributed by atoms with Crippen LogP contribution in [0.4, 0.5) is 0 Å². The number of hydrogen-bond acceptors (Lipinski definition) is 4. The first-order valence-electron chi connectivity index (χ1n) is 7.11. The van der Waals surface area contributed by atoms with Gasteiger partial charge in [0, 0.05) is 37.6 Å². The summed E-state index contributed by atoms with van der Waals surface area (Å²) in [7, 11) is 2.18. The van der Waals surface area contributed by atoms with Crippen LogP contribution in [-0.2, 0) is 6.54 Å². The molecule has 0 atom stereocenters. The van der Waals surface area contributed by atoms with Crippen molar-refractivity contribution >= 4 is 11.3 Å². The highest BCUT2D eigenvalue weighted by Gasteiger charge is 2.13. The van der Waals surface area contributed by atoms with E-state index < -0.39 is 0 Å². The predicted molar refractivity (Wildman–Crippen MR) is 85.7 cm³/mol. The molecule has 0 bridgehead atoms. The molecule has 3 nitrogen and oxygen atoms in total. The molecule has 0 amide bonds. The van der Waals surface area contributed by atoms with Gasteiger partial charge in [-0.3, -0.25) is 0 Å². The fraction of sp³-hybridized carbons (Fsp3) is 0.375. The first kappa shape index (κ1) is 13.8. The highest BCUT2D eigenvalue weighted by Crippen LogP contribution is 2.25. The van der Waals surface area contributed by atoms with Crippen molar-refractivity contribution in [2.45, 2.75) is 6.54 Å². The molecule has 2 aromatic rings. The van der Waals surface area contributed by atoms with Gasteiger partial charge in [-0.05, 0) is 29.6 Å². The van der Waals surface area contributed by atoms with Crippen molar-refractivity contribution in [3.63, 3.8) is 0 Å². The van der Waals surface area contributed by atoms with Gasteiger partial charge in [-0.25, -0.2) is 10.4 Å². The molecular weight excluding hydrogens is 266 g/mol. The van der Waals surface area contributed by atoms with E-state index in [0.29, 0.717) is 0 Å². The molecule has 0 unspecified atom stereocenters. The van der Waals surface area contributed by atoms with E-state index in [1.54, 1.807) is 0 Å². The molecule has 0 radical (unpaired) electrons. The van der Waals surface area contributed by atoms with E-state index in [1.807, 2.05) is 11.3 Å². The van der Waals surface area contributed by atoms with Gasteiger partial charge in [-0.1, -0.05) is 30.3 Å². The maximum Gasteiger partial charge on any atom is 0.0447 e. The van der Waals surface area contributed by atoms with Crippen LogP contribution in [0.25, 0.3) is 11.1 Å². The number of likely N-dealkylation sites (N-methyl/N-ethyl adjacent to an activating group) is 1. The summed E-state index contributed by atoms with van der Waals surface area (Å²) >= 11 is 1.83. The molecule has 0 aliphatic carbocycles. The number of rotatable bonds is 4. The second kappa shape index (κ2) is 6.50. The van der Waals surface area contributed by atoms with Crippen LogP contribution in [0.3, 0.4) is 0 Å². The Kier molecular flexibility index (Phi) is 4.47. The summed E-state index contributed by atoms with van der Waals surface area (Å²) < 4.78 is 0. The number of benzene rings is 1. The summed E-state index contributed by atoms with van der Waals surface area (Å²) in [5.41, 5.74) is 6.17. The summed E-state index contributed by atoms with van der Waals surface area (Å²) in [6.07, 6.45) is 0. The minimum atomic E-state index is 0.932. The van der Waals surface area contributed by atoms with Gasteiger partial charge in [0.1, 0.15) is 0 Å². The van der Waals surface area contributed by atoms with Gasteiger partial charge in [0.2, 0.25) is 0 Å². The number of nitrogens with zero attached hydrogens (tertiary/aromatic N) is 2. The van der Waals surface area contributed by atoms with Gasteiger partial charge in [0.15, 0.2) is 0 Å². The minimum absolute atomic E-state index is 0.932. The van der Waals surface area contributed by atoms with Crippen LogP contribution in [0.1, 0.15) is 4.88 Å². The summed E-state index contributed by atoms with van der Waals surface area (Å²) in [5.74, 6) is 0. The highest BCUT2D eigenvalue weighted by atomic mass is 32.1. The van der Waals surface area contributed by atoms with Gasteiger partial charge in [-0.15, -0.1) is 11.3 Å². The molecule has 1 N–H and O–H groups in total. The minimum Gasteiger partial charge on any atom is -0.304 e. The Balaban J connectivity index is 1.55. The Bertz CT molecular complexity index is 530. The Hall–Kier alpha value is -1.20. The molecule has 1 aromatic carbocycles. The van der Waals surface area contributed by atoms with Crippen LogP contribution in [0.5, 0.6) is 0 Å². The SMILES string of the molecule is CN1CCN(NCc2cc(-c3ccccc3)cs2)CC1. The summed E-state index contributed by atoms with van der Waals surface area (Å²) in [5, 5.41) is 4.58. The van der Waals surface area contributed by atoms with E-state index in [0.717, 1.165) is 32.7 Å². The number of hydrazine groups is 1. The quantitative estimate of drug-likeness (QED) is 0.932. The topological polar surface area (TPSA) is 18.5 Å². The molecule has 0 spiro atoms. The van der Waals surface area contributed by atoms with Crippen LogP contribution in [0, 0.1) is 0 Å². The fourth-order valence-corrected chi connectivity index (χ4v) is 3.23. The lowest BCUT2D eigenvalue weighted by atomic mass is 10.1. The summed E-state index contributed by atoms with van der Waals surface area (Å²) in [4.78, 5) is 3.76. The molecule has 0 saturated carbocycles. The van der Waals surface area contributed by atoms with E-state index in [-0.39, 0.29) is 0 Å². The predicted octanol–water partition coefficient (Wildman–Crippen LogP) is 2.67. The second-order valence-electron chi connectivity index (χ2n) is 5.29. The smallest absolute Gasteiger partial charge is 0.0447 e. The monoisotopic (exact) mass is 287 g/mol. The Morgan fingerprint density at radius 1 is 1.05 bits per heavy atom. The Morgan fingerprint density at radius 3 is 2.55 bits per heavy atom. The van der Waals surface area contributed by atoms with Crippen molar-refractivity contribution in [1.82, 2.24) is 15.3 Å². The van der Waals surface area contributed by atoms with Crippen molar-refractivity contribution in [2.75, 3.05) is 33.2 Å². The van der Waals surface area contributed by atoms with E-state index in [1.165, 1.54) is 16.0 Å². The van der Waals surface area contributed by atoms with E-state index in [2.05, 4.69) is 64.2 Å². The van der Waals surface area contributed by atoms with Crippen LogP contribution in [0.15, 0.2) is 41.8 Å². The molecule has 1 fully saturated rings. The summed E-state index contributed by atoms with van der Waals surface area (Å²) in [6.45, 7) is 5.43. The van der Waals surface area contributed by atoms with E-state index >= 15 is 0 Å². The van der Waals surface area contributed by atoms with Gasteiger partial charge in [0.25, 0.3) is 0 Å². The lowest BCUT2D eigenvalue weighted by molar-refractivity contribution is 0.102. The molecule has 3 rings (SSSR count). The van der Waals surface area contributed by atoms with Gasteiger partial charge in [-0.2, -0.15) is 0 Å². The molecule has 1 aliphatic heterocycles. The molecule has 2 heterocycles. The zero-order valence-electron chi connectivity index (χ0n) is 11.9. The third-order valence-corrected chi connectivity index (χ3v) is 4.68. The highest BCUT2D eigenvalue weighted by molar-refractivity contribution is 7.10. The molecule has 1 saturated heterocycles. The van der Waals surface area contributed by atoms with Crippen LogP contribution >= 0.6 is 11.3 Å². The average Bonchev–Trinajstić information content (AvgIpc) is 2.97. The van der Waals surface area contributed by atoms with Crippen LogP contribution < -0.4 is 5.43 Å². The zero-order valence-corrected chi connectivity index (χ0v) is 12.7. The van der Waals surface area contributed by atoms with Crippen molar-refractivity contribution in [3.8, 4) is 11.1 Å². The van der Waals surface area contributed by atoms with Crippen molar-refractivity contribution in [3.05, 3.63) is 46.7 Å². The van der Waals surface area contributed by atoms with Gasteiger partial charge >= 0.3 is 0 Å². The molecule has 106 valence electrons. The number of nitrogens with one attached hydrogen (secondary N) is 1. The third kappa shape index (κ3) is 3.46. The van der Waals surface area contributed by atoms with E-state index in [9.17, 15) is 0 Å². The fourth-order valence-electron chi connectivity index (χ4n) is 2.41. The molecule has 20 heavy (non-hydrogen) atoms. The standard InChI is InChI=1S/C16H21N3S/c1-18-7-9-19(10-8-18)17-12-16-11-15(13-20-16)14-5-3-2-4-6-14/h2-6,11,13,17H,7-10,12H2,1H3. The third-order valence-electron chi connectivity index (χ3n) is 3.74. The molecule has 4 heteroatoms. The van der Waals surface area contributed by atoms with Crippen molar-refractivity contribution < 1.29 is 0 Å². The van der Waals surface area contributed by atoms with Crippen LogP contribution in [0.2, 0.25) is 0 Å². The number of piperazine rings is 1. The largest absolute Gasteiger partial charge is 0.304 e. The summed E-state index contributed by atoms with van der Waals surface area (Å²) in [6, 6.07) is 12.9. The Labute approximate surface area is 124 Å². The normalized spacial score (nSPS) is 17.4. The lowest BCUT2D eigenvalue weighted by Crippen LogP contribution is -2.50. The van der Waals surface area contributed by atoms with Crippen molar-refractivity contribution in [2.24, 2.45) is 0 Å². The van der Waals surface area contributed by atoms with Gasteiger partial charge in [0.05, 0.1) is 0 Å². The number of hydrogen-bond donors (Lipinski definition) is 1.